The number of benzene rings is 1. The molecule has 5 nitrogen and oxygen atoms in total. The predicted molar refractivity (Wildman–Crippen MR) is 111 cm³/mol. The van der Waals surface area contributed by atoms with E-state index in [0.29, 0.717) is 19.1 Å². The average molecular weight is 418 g/mol. The van der Waals surface area contributed by atoms with Gasteiger partial charge in [0.15, 0.2) is 6.61 Å². The van der Waals surface area contributed by atoms with Gasteiger partial charge in [-0.05, 0) is 75.5 Å². The molecule has 0 unspecified atom stereocenters. The van der Waals surface area contributed by atoms with Crippen LogP contribution in [0.4, 0.5) is 0 Å². The van der Waals surface area contributed by atoms with Crippen LogP contribution >= 0.6 is 23.2 Å². The van der Waals surface area contributed by atoms with Crippen LogP contribution in [0.1, 0.15) is 45.7 Å². The molecule has 0 aromatic heterocycles. The molecule has 0 saturated carbocycles. The van der Waals surface area contributed by atoms with E-state index >= 15 is 0 Å². The number of nitrogens with zero attached hydrogens (tertiary/aromatic N) is 1. The Hall–Kier alpha value is -1.59. The van der Waals surface area contributed by atoms with E-state index in [2.05, 4.69) is 12.1 Å². The van der Waals surface area contributed by atoms with Crippen molar-refractivity contribution < 1.29 is 19.0 Å². The average Bonchev–Trinajstić information content (AvgIpc) is 2.57. The molecular weight excluding hydrogens is 389 g/mol. The molecule has 0 bridgehead atoms. The first-order chi connectivity index (χ1) is 12.7. The summed E-state index contributed by atoms with van der Waals surface area (Å²) in [7, 11) is 0. The smallest absolute Gasteiger partial charge is 0.264 e. The van der Waals surface area contributed by atoms with Gasteiger partial charge in [-0.3, -0.25) is 0 Å². The molecule has 1 aromatic rings. The van der Waals surface area contributed by atoms with Crippen LogP contribution in [-0.4, -0.2) is 31.3 Å². The quantitative estimate of drug-likeness (QED) is 0.289. The maximum Gasteiger partial charge on any atom is 0.264 e. The third kappa shape index (κ3) is 9.25. The van der Waals surface area contributed by atoms with Gasteiger partial charge >= 0.3 is 0 Å². The van der Waals surface area contributed by atoms with Gasteiger partial charge in [-0.15, -0.1) is 0 Å². The lowest BCUT2D eigenvalue weighted by Crippen LogP contribution is -2.21. The molecule has 0 amide bonds. The lowest BCUT2D eigenvalue weighted by Gasteiger charge is -2.18. The lowest BCUT2D eigenvalue weighted by atomic mass is 10.1. The predicted octanol–water partition coefficient (Wildman–Crippen LogP) is 5.80. The first kappa shape index (κ1) is 23.4. The highest BCUT2D eigenvalue weighted by molar-refractivity contribution is 6.55. The number of rotatable bonds is 9. The van der Waals surface area contributed by atoms with Gasteiger partial charge in [-0.1, -0.05) is 30.1 Å². The highest BCUT2D eigenvalue weighted by Crippen LogP contribution is 2.30. The minimum absolute atomic E-state index is 0.183. The summed E-state index contributed by atoms with van der Waals surface area (Å²) in [4.78, 5) is 5.44. The summed E-state index contributed by atoms with van der Waals surface area (Å²) in [5.74, 6) is 1.92. The monoisotopic (exact) mass is 417 g/mol. The van der Waals surface area contributed by atoms with Crippen molar-refractivity contribution in [2.24, 2.45) is 5.16 Å². The van der Waals surface area contributed by atoms with Gasteiger partial charge in [0.25, 0.3) is 5.90 Å². The molecule has 27 heavy (non-hydrogen) atoms. The number of hydrogen-bond acceptors (Lipinski definition) is 5. The molecule has 0 fully saturated rings. The van der Waals surface area contributed by atoms with E-state index in [4.69, 9.17) is 42.3 Å². The molecule has 0 aliphatic heterocycles. The Labute approximate surface area is 172 Å². The molecule has 0 aliphatic rings. The van der Waals surface area contributed by atoms with Gasteiger partial charge in [0.1, 0.15) is 28.2 Å². The first-order valence-electron chi connectivity index (χ1n) is 8.94. The molecule has 0 spiro atoms. The summed E-state index contributed by atoms with van der Waals surface area (Å²) in [5.41, 5.74) is 1.59. The Kier molecular flexibility index (Phi) is 9.81. The van der Waals surface area contributed by atoms with Crippen molar-refractivity contribution in [1.29, 1.82) is 0 Å². The minimum atomic E-state index is -0.397. The van der Waals surface area contributed by atoms with Gasteiger partial charge in [0.05, 0.1) is 6.61 Å². The fourth-order valence-electron chi connectivity index (χ4n) is 2.15. The molecule has 1 aromatic carbocycles. The van der Waals surface area contributed by atoms with Crippen LogP contribution in [0.15, 0.2) is 27.9 Å². The molecule has 7 heteroatoms. The van der Waals surface area contributed by atoms with Gasteiger partial charge < -0.3 is 19.0 Å². The van der Waals surface area contributed by atoms with E-state index in [9.17, 15) is 0 Å². The molecule has 0 heterocycles. The van der Waals surface area contributed by atoms with E-state index < -0.39 is 5.60 Å². The summed E-state index contributed by atoms with van der Waals surface area (Å²) in [5, 5.41) is 4.07. The van der Waals surface area contributed by atoms with Crippen LogP contribution in [0.5, 0.6) is 11.5 Å². The Morgan fingerprint density at radius 3 is 2.41 bits per heavy atom. The lowest BCUT2D eigenvalue weighted by molar-refractivity contribution is -0.00492. The Bertz CT molecular complexity index is 663. The number of aryl methyl sites for hydroxylation is 2. The van der Waals surface area contributed by atoms with Gasteiger partial charge in [-0.25, -0.2) is 0 Å². The van der Waals surface area contributed by atoms with Crippen molar-refractivity contribution in [2.45, 2.75) is 53.6 Å². The summed E-state index contributed by atoms with van der Waals surface area (Å²) in [6.45, 7) is 12.7. The van der Waals surface area contributed by atoms with Gasteiger partial charge in [0.2, 0.25) is 0 Å². The van der Waals surface area contributed by atoms with Crippen molar-refractivity contribution in [3.05, 3.63) is 33.8 Å². The maximum atomic E-state index is 5.99. The summed E-state index contributed by atoms with van der Waals surface area (Å²) in [6.07, 6.45) is 2.38. The number of halogens is 2. The fraction of sp³-hybridized carbons (Fsp3) is 0.550. The van der Waals surface area contributed by atoms with Crippen molar-refractivity contribution >= 4 is 29.1 Å². The van der Waals surface area contributed by atoms with Crippen molar-refractivity contribution in [2.75, 3.05) is 19.8 Å². The van der Waals surface area contributed by atoms with E-state index in [1.165, 1.54) is 0 Å². The molecule has 0 saturated heterocycles. The highest BCUT2D eigenvalue weighted by Gasteiger charge is 2.14. The zero-order valence-electron chi connectivity index (χ0n) is 16.9. The number of hydrogen-bond donors (Lipinski definition) is 0. The molecule has 0 atom stereocenters. The van der Waals surface area contributed by atoms with Crippen molar-refractivity contribution in [3.8, 4) is 11.5 Å². The van der Waals surface area contributed by atoms with E-state index in [1.54, 1.807) is 6.08 Å². The zero-order chi connectivity index (χ0) is 20.4. The normalized spacial score (nSPS) is 11.8. The summed E-state index contributed by atoms with van der Waals surface area (Å²) >= 11 is 11.2. The third-order valence-corrected chi connectivity index (χ3v) is 3.57. The van der Waals surface area contributed by atoms with E-state index in [0.717, 1.165) is 29.0 Å². The largest absolute Gasteiger partial charge is 0.489 e. The number of oxime groups is 1. The SMILES string of the molecule is CCOC(COc1c(C)cc(OCC=C(Cl)Cl)cc1CC)=NOC(C)(C)C. The second kappa shape index (κ2) is 11.3. The van der Waals surface area contributed by atoms with Gasteiger partial charge in [-0.2, -0.15) is 0 Å². The van der Waals surface area contributed by atoms with Crippen molar-refractivity contribution in [3.63, 3.8) is 0 Å². The number of ether oxygens (including phenoxy) is 3. The topological polar surface area (TPSA) is 49.3 Å². The van der Waals surface area contributed by atoms with E-state index in [1.807, 2.05) is 46.8 Å². The molecule has 152 valence electrons. The van der Waals surface area contributed by atoms with E-state index in [-0.39, 0.29) is 11.1 Å². The molecule has 1 rings (SSSR count). The Balaban J connectivity index is 2.90. The molecule has 0 aliphatic carbocycles. The Morgan fingerprint density at radius 2 is 1.85 bits per heavy atom. The molecule has 0 radical (unpaired) electrons. The summed E-state index contributed by atoms with van der Waals surface area (Å²) in [6, 6.07) is 3.86. The third-order valence-electron chi connectivity index (χ3n) is 3.27. The Morgan fingerprint density at radius 1 is 1.15 bits per heavy atom. The van der Waals surface area contributed by atoms with Crippen molar-refractivity contribution in [1.82, 2.24) is 0 Å². The highest BCUT2D eigenvalue weighted by atomic mass is 35.5. The van der Waals surface area contributed by atoms with Crippen LogP contribution in [-0.2, 0) is 16.0 Å². The van der Waals surface area contributed by atoms with Crippen LogP contribution < -0.4 is 9.47 Å². The summed E-state index contributed by atoms with van der Waals surface area (Å²) < 4.78 is 17.4. The fourth-order valence-corrected chi connectivity index (χ4v) is 2.27. The molecule has 0 N–H and O–H groups in total. The standard InChI is InChI=1S/C20H29Cl2NO4/c1-7-15-12-16(25-10-9-17(21)22)11-14(3)19(15)26-13-18(24-8-2)23-27-20(4,5)6/h9,11-12H,7-8,10,13H2,1-6H3. The second-order valence-corrected chi connectivity index (χ2v) is 7.80. The molecular formula is C20H29Cl2NO4. The van der Waals surface area contributed by atoms with Crippen LogP contribution in [0.2, 0.25) is 0 Å². The zero-order valence-corrected chi connectivity index (χ0v) is 18.4. The first-order valence-corrected chi connectivity index (χ1v) is 9.70. The van der Waals surface area contributed by atoms with Crippen LogP contribution in [0.3, 0.4) is 0 Å². The van der Waals surface area contributed by atoms with Gasteiger partial charge in [0, 0.05) is 0 Å². The van der Waals surface area contributed by atoms with Crippen LogP contribution in [0.25, 0.3) is 0 Å². The maximum absolute atomic E-state index is 5.99. The minimum Gasteiger partial charge on any atom is -0.489 e. The van der Waals surface area contributed by atoms with Crippen LogP contribution in [0, 0.1) is 6.92 Å². The second-order valence-electron chi connectivity index (χ2n) is 6.80.